The van der Waals surface area contributed by atoms with Gasteiger partial charge in [-0.15, -0.1) is 0 Å². The zero-order valence-corrected chi connectivity index (χ0v) is 16.3. The number of hydrogen-bond acceptors (Lipinski definition) is 5. The van der Waals surface area contributed by atoms with Crippen LogP contribution in [0, 0.1) is 6.92 Å². The first kappa shape index (κ1) is 20.3. The molecule has 0 fully saturated rings. The average Bonchev–Trinajstić information content (AvgIpc) is 2.67. The molecule has 2 aromatic carbocycles. The predicted molar refractivity (Wildman–Crippen MR) is 99.7 cm³/mol. The lowest BCUT2D eigenvalue weighted by Crippen LogP contribution is -2.08. The third-order valence-electron chi connectivity index (χ3n) is 3.86. The lowest BCUT2D eigenvalue weighted by Gasteiger charge is -2.08. The second-order valence-electron chi connectivity index (χ2n) is 5.97. The molecule has 3 rings (SSSR count). The number of hydrogen-bond donors (Lipinski definition) is 0. The maximum atomic E-state index is 12.7. The summed E-state index contributed by atoms with van der Waals surface area (Å²) in [5.41, 5.74) is 0.710. The van der Waals surface area contributed by atoms with Crippen molar-refractivity contribution in [2.75, 3.05) is 0 Å². The molecule has 4 nitrogen and oxygen atoms in total. The Hall–Kier alpha value is -2.39. The molecule has 0 saturated carbocycles. The van der Waals surface area contributed by atoms with E-state index in [1.807, 2.05) is 6.92 Å². The molecule has 146 valence electrons. The van der Waals surface area contributed by atoms with Crippen LogP contribution < -0.4 is 0 Å². The Morgan fingerprint density at radius 2 is 1.50 bits per heavy atom. The molecule has 0 bridgehead atoms. The number of sulfone groups is 1. The molecule has 0 aliphatic heterocycles. The molecule has 0 atom stereocenters. The SMILES string of the molecule is Cc1ccc(S(=O)(=O)c2ccc(CSc3nccc(C(F)(F)F)n3)cc2)cc1. The van der Waals surface area contributed by atoms with Crippen LogP contribution in [-0.4, -0.2) is 18.4 Å². The van der Waals surface area contributed by atoms with Gasteiger partial charge in [-0.1, -0.05) is 41.6 Å². The molecule has 0 unspecified atom stereocenters. The van der Waals surface area contributed by atoms with Gasteiger partial charge in [0.15, 0.2) is 5.16 Å². The highest BCUT2D eigenvalue weighted by molar-refractivity contribution is 7.98. The number of nitrogens with zero attached hydrogens (tertiary/aromatic N) is 2. The van der Waals surface area contributed by atoms with Crippen molar-refractivity contribution in [3.8, 4) is 0 Å². The second-order valence-corrected chi connectivity index (χ2v) is 8.86. The number of rotatable bonds is 5. The van der Waals surface area contributed by atoms with E-state index < -0.39 is 21.7 Å². The van der Waals surface area contributed by atoms with Gasteiger partial charge in [-0.3, -0.25) is 0 Å². The molecule has 9 heteroatoms. The number of thioether (sulfide) groups is 1. The minimum absolute atomic E-state index is 0.00572. The third-order valence-corrected chi connectivity index (χ3v) is 6.57. The monoisotopic (exact) mass is 424 g/mol. The van der Waals surface area contributed by atoms with E-state index in [4.69, 9.17) is 0 Å². The summed E-state index contributed by atoms with van der Waals surface area (Å²) in [7, 11) is -3.62. The first-order valence-corrected chi connectivity index (χ1v) is 10.6. The average molecular weight is 424 g/mol. The molecule has 0 spiro atoms. The van der Waals surface area contributed by atoms with Gasteiger partial charge in [0.2, 0.25) is 9.84 Å². The second kappa shape index (κ2) is 7.92. The summed E-state index contributed by atoms with van der Waals surface area (Å²) in [5.74, 6) is 0.312. The van der Waals surface area contributed by atoms with Crippen LogP contribution >= 0.6 is 11.8 Å². The molecule has 3 aromatic rings. The van der Waals surface area contributed by atoms with Crippen molar-refractivity contribution in [2.24, 2.45) is 0 Å². The van der Waals surface area contributed by atoms with Gasteiger partial charge in [-0.05, 0) is 42.8 Å². The summed E-state index contributed by atoms with van der Waals surface area (Å²) in [4.78, 5) is 7.68. The Morgan fingerprint density at radius 1 is 0.929 bits per heavy atom. The molecular formula is C19H15F3N2O2S2. The van der Waals surface area contributed by atoms with Crippen molar-refractivity contribution in [2.45, 2.75) is 33.8 Å². The zero-order chi connectivity index (χ0) is 20.4. The third kappa shape index (κ3) is 4.71. The van der Waals surface area contributed by atoms with Gasteiger partial charge in [-0.25, -0.2) is 18.4 Å². The Bertz CT molecular complexity index is 1070. The minimum Gasteiger partial charge on any atom is -0.231 e. The van der Waals surface area contributed by atoms with Crippen LogP contribution in [0.3, 0.4) is 0 Å². The summed E-state index contributed by atoms with van der Waals surface area (Å²) < 4.78 is 63.3. The zero-order valence-electron chi connectivity index (χ0n) is 14.6. The molecule has 28 heavy (non-hydrogen) atoms. The number of halogens is 3. The molecule has 0 N–H and O–H groups in total. The van der Waals surface area contributed by atoms with E-state index in [0.717, 1.165) is 35.2 Å². The van der Waals surface area contributed by atoms with E-state index in [1.165, 1.54) is 12.1 Å². The van der Waals surface area contributed by atoms with Crippen molar-refractivity contribution in [1.82, 2.24) is 9.97 Å². The highest BCUT2D eigenvalue weighted by atomic mass is 32.2. The van der Waals surface area contributed by atoms with E-state index in [9.17, 15) is 21.6 Å². The van der Waals surface area contributed by atoms with E-state index in [1.54, 1.807) is 36.4 Å². The number of benzene rings is 2. The minimum atomic E-state index is -4.52. The fourth-order valence-electron chi connectivity index (χ4n) is 2.33. The summed E-state index contributed by atoms with van der Waals surface area (Å²) in [5, 5.41) is 0.00572. The van der Waals surface area contributed by atoms with Crippen molar-refractivity contribution in [1.29, 1.82) is 0 Å². The van der Waals surface area contributed by atoms with Gasteiger partial charge in [0.1, 0.15) is 5.69 Å². The standard InChI is InChI=1S/C19H15F3N2O2S2/c1-13-2-6-15(7-3-13)28(25,26)16-8-4-14(5-9-16)12-27-18-23-11-10-17(24-18)19(20,21)22/h2-11H,12H2,1H3. The Kier molecular flexibility index (Phi) is 5.76. The van der Waals surface area contributed by atoms with E-state index in [2.05, 4.69) is 9.97 Å². The quantitative estimate of drug-likeness (QED) is 0.429. The topological polar surface area (TPSA) is 59.9 Å². The van der Waals surface area contributed by atoms with E-state index >= 15 is 0 Å². The van der Waals surface area contributed by atoms with Gasteiger partial charge in [0.05, 0.1) is 9.79 Å². The van der Waals surface area contributed by atoms with Crippen LogP contribution in [0.1, 0.15) is 16.8 Å². The maximum absolute atomic E-state index is 12.7. The van der Waals surface area contributed by atoms with Crippen LogP contribution in [0.4, 0.5) is 13.2 Å². The molecule has 0 aliphatic rings. The molecular weight excluding hydrogens is 409 g/mol. The Balaban J connectivity index is 1.72. The molecule has 0 saturated heterocycles. The fraction of sp³-hybridized carbons (Fsp3) is 0.158. The Morgan fingerprint density at radius 3 is 2.07 bits per heavy atom. The highest BCUT2D eigenvalue weighted by Gasteiger charge is 2.32. The number of alkyl halides is 3. The number of aromatic nitrogens is 2. The van der Waals surface area contributed by atoms with Crippen molar-refractivity contribution in [3.05, 3.63) is 77.6 Å². The predicted octanol–water partition coefficient (Wildman–Crippen LogP) is 4.93. The summed E-state index contributed by atoms with van der Waals surface area (Å²) >= 11 is 1.04. The number of aryl methyl sites for hydroxylation is 1. The van der Waals surface area contributed by atoms with E-state index in [-0.39, 0.29) is 14.9 Å². The molecule has 1 heterocycles. The first-order chi connectivity index (χ1) is 13.2. The van der Waals surface area contributed by atoms with Crippen LogP contribution in [0.5, 0.6) is 0 Å². The fourth-order valence-corrected chi connectivity index (χ4v) is 4.38. The summed E-state index contributed by atoms with van der Waals surface area (Å²) in [6.07, 6.45) is -3.46. The van der Waals surface area contributed by atoms with Gasteiger partial charge in [0, 0.05) is 11.9 Å². The van der Waals surface area contributed by atoms with Gasteiger partial charge >= 0.3 is 6.18 Å². The molecule has 0 amide bonds. The lowest BCUT2D eigenvalue weighted by molar-refractivity contribution is -0.141. The van der Waals surface area contributed by atoms with Gasteiger partial charge < -0.3 is 0 Å². The van der Waals surface area contributed by atoms with Crippen molar-refractivity contribution >= 4 is 21.6 Å². The van der Waals surface area contributed by atoms with Crippen molar-refractivity contribution < 1.29 is 21.6 Å². The molecule has 0 aliphatic carbocycles. The van der Waals surface area contributed by atoms with Crippen molar-refractivity contribution in [3.63, 3.8) is 0 Å². The summed E-state index contributed by atoms with van der Waals surface area (Å²) in [6, 6.07) is 13.6. The van der Waals surface area contributed by atoms with Crippen LogP contribution in [0.2, 0.25) is 0 Å². The summed E-state index contributed by atoms with van der Waals surface area (Å²) in [6.45, 7) is 1.87. The smallest absolute Gasteiger partial charge is 0.231 e. The Labute approximate surface area is 164 Å². The molecule has 0 radical (unpaired) electrons. The van der Waals surface area contributed by atoms with Crippen LogP contribution in [0.15, 0.2) is 75.7 Å². The molecule has 1 aromatic heterocycles. The van der Waals surface area contributed by atoms with E-state index in [0.29, 0.717) is 5.75 Å². The van der Waals surface area contributed by atoms with Gasteiger partial charge in [0.25, 0.3) is 0 Å². The first-order valence-electron chi connectivity index (χ1n) is 8.10. The largest absolute Gasteiger partial charge is 0.433 e. The lowest BCUT2D eigenvalue weighted by atomic mass is 10.2. The van der Waals surface area contributed by atoms with Crippen LogP contribution in [0.25, 0.3) is 0 Å². The van der Waals surface area contributed by atoms with Crippen LogP contribution in [-0.2, 0) is 21.8 Å². The normalized spacial score (nSPS) is 12.1. The van der Waals surface area contributed by atoms with Gasteiger partial charge in [-0.2, -0.15) is 13.2 Å². The highest BCUT2D eigenvalue weighted by Crippen LogP contribution is 2.29. The maximum Gasteiger partial charge on any atom is 0.433 e.